The van der Waals surface area contributed by atoms with E-state index in [9.17, 15) is 10.1 Å². The Balaban J connectivity index is 1.83. The molecule has 0 amide bonds. The number of ketones is 1. The van der Waals surface area contributed by atoms with Crippen LogP contribution in [0.5, 0.6) is 5.75 Å². The number of ether oxygens (including phenoxy) is 1. The average molecular weight is 370 g/mol. The second-order valence-corrected chi connectivity index (χ2v) is 7.38. The number of aliphatic imine (C=N–C) groups is 1. The van der Waals surface area contributed by atoms with Crippen LogP contribution in [0.3, 0.4) is 0 Å². The highest BCUT2D eigenvalue weighted by molar-refractivity contribution is 6.03. The first-order valence-corrected chi connectivity index (χ1v) is 9.53. The lowest BCUT2D eigenvalue weighted by molar-refractivity contribution is -0.116. The molecule has 140 valence electrons. The summed E-state index contributed by atoms with van der Waals surface area (Å²) in [5.74, 6) is 0.112. The number of rotatable bonds is 3. The number of carbonyl (C=O) groups excluding carboxylic acids is 1. The van der Waals surface area contributed by atoms with Crippen LogP contribution in [0.4, 0.5) is 0 Å². The largest absolute Gasteiger partial charge is 0.496 e. The van der Waals surface area contributed by atoms with Crippen LogP contribution in [-0.4, -0.2) is 18.6 Å². The zero-order valence-corrected chi connectivity index (χ0v) is 16.1. The summed E-state index contributed by atoms with van der Waals surface area (Å²) in [7, 11) is 1.62. The first-order valence-electron chi connectivity index (χ1n) is 9.53. The molecule has 2 aromatic carbocycles. The summed E-state index contributed by atoms with van der Waals surface area (Å²) in [6.07, 6.45) is 1.16. The van der Waals surface area contributed by atoms with Crippen molar-refractivity contribution in [3.8, 4) is 11.8 Å². The average Bonchev–Trinajstić information content (AvgIpc) is 2.73. The van der Waals surface area contributed by atoms with Crippen LogP contribution in [0, 0.1) is 17.2 Å². The van der Waals surface area contributed by atoms with Crippen molar-refractivity contribution in [3.05, 3.63) is 77.0 Å². The molecular formula is C24H22N2O2. The van der Waals surface area contributed by atoms with Crippen LogP contribution < -0.4 is 4.74 Å². The SMILES string of the molecule is COc1ccccc1[C@H]1C2=C(C[C@@H](c3ccccc3)CC2=O)N=C(C)C1C#N. The number of nitriles is 1. The number of para-hydroxylation sites is 1. The van der Waals surface area contributed by atoms with Crippen molar-refractivity contribution < 1.29 is 9.53 Å². The minimum Gasteiger partial charge on any atom is -0.496 e. The topological polar surface area (TPSA) is 62.4 Å². The van der Waals surface area contributed by atoms with Gasteiger partial charge in [0.15, 0.2) is 5.78 Å². The molecule has 3 atom stereocenters. The Morgan fingerprint density at radius 3 is 2.50 bits per heavy atom. The Labute approximate surface area is 165 Å². The van der Waals surface area contributed by atoms with Crippen LogP contribution in [-0.2, 0) is 4.79 Å². The second-order valence-electron chi connectivity index (χ2n) is 7.38. The molecule has 1 heterocycles. The van der Waals surface area contributed by atoms with Crippen LogP contribution >= 0.6 is 0 Å². The van der Waals surface area contributed by atoms with Gasteiger partial charge in [0.25, 0.3) is 0 Å². The minimum atomic E-state index is -0.465. The molecule has 4 heteroatoms. The summed E-state index contributed by atoms with van der Waals surface area (Å²) < 4.78 is 5.55. The van der Waals surface area contributed by atoms with Gasteiger partial charge in [-0.3, -0.25) is 9.79 Å². The van der Waals surface area contributed by atoms with Crippen molar-refractivity contribution in [2.45, 2.75) is 31.6 Å². The molecule has 1 aliphatic carbocycles. The zero-order valence-electron chi connectivity index (χ0n) is 16.1. The van der Waals surface area contributed by atoms with Crippen molar-refractivity contribution >= 4 is 11.5 Å². The Bertz CT molecular complexity index is 1010. The number of benzene rings is 2. The molecule has 1 aliphatic heterocycles. The molecular weight excluding hydrogens is 348 g/mol. The Hall–Kier alpha value is -3.19. The van der Waals surface area contributed by atoms with Gasteiger partial charge >= 0.3 is 0 Å². The third kappa shape index (κ3) is 3.03. The van der Waals surface area contributed by atoms with E-state index in [0.29, 0.717) is 24.2 Å². The molecule has 1 unspecified atom stereocenters. The van der Waals surface area contributed by atoms with Gasteiger partial charge in [0, 0.05) is 34.9 Å². The molecule has 2 aromatic rings. The van der Waals surface area contributed by atoms with E-state index in [1.165, 1.54) is 0 Å². The lowest BCUT2D eigenvalue weighted by Gasteiger charge is -2.35. The smallest absolute Gasteiger partial charge is 0.161 e. The lowest BCUT2D eigenvalue weighted by Crippen LogP contribution is -2.32. The van der Waals surface area contributed by atoms with Gasteiger partial charge < -0.3 is 4.74 Å². The number of hydrogen-bond donors (Lipinski definition) is 0. The van der Waals surface area contributed by atoms with Crippen molar-refractivity contribution in [1.82, 2.24) is 0 Å². The maximum Gasteiger partial charge on any atom is 0.161 e. The van der Waals surface area contributed by atoms with Gasteiger partial charge in [0.2, 0.25) is 0 Å². The fourth-order valence-corrected chi connectivity index (χ4v) is 4.45. The Morgan fingerprint density at radius 2 is 1.79 bits per heavy atom. The van der Waals surface area contributed by atoms with Crippen LogP contribution in [0.1, 0.15) is 42.7 Å². The molecule has 0 bridgehead atoms. The van der Waals surface area contributed by atoms with Crippen molar-refractivity contribution in [3.63, 3.8) is 0 Å². The molecule has 4 rings (SSSR count). The predicted octanol–water partition coefficient (Wildman–Crippen LogP) is 4.79. The van der Waals surface area contributed by atoms with Gasteiger partial charge in [0.1, 0.15) is 5.75 Å². The van der Waals surface area contributed by atoms with E-state index in [0.717, 1.165) is 22.5 Å². The Kier molecular flexibility index (Phi) is 4.83. The first kappa shape index (κ1) is 18.2. The summed E-state index contributed by atoms with van der Waals surface area (Å²) in [5, 5.41) is 9.86. The normalized spacial score (nSPS) is 24.2. The number of methoxy groups -OCH3 is 1. The number of hydrogen-bond acceptors (Lipinski definition) is 4. The van der Waals surface area contributed by atoms with Crippen LogP contribution in [0.25, 0.3) is 0 Å². The summed E-state index contributed by atoms with van der Waals surface area (Å²) in [6, 6.07) is 20.2. The predicted molar refractivity (Wildman–Crippen MR) is 108 cm³/mol. The van der Waals surface area contributed by atoms with E-state index >= 15 is 0 Å². The third-order valence-corrected chi connectivity index (χ3v) is 5.77. The van der Waals surface area contributed by atoms with E-state index in [1.54, 1.807) is 7.11 Å². The standard InChI is InChI=1S/C24H22N2O2/c1-15-19(14-25)23(18-10-6-7-11-22(18)28-2)24-20(26-15)12-17(13-21(24)27)16-8-4-3-5-9-16/h3-11,17,19,23H,12-13H2,1-2H3/t17-,19?,23-/m1/s1. The van der Waals surface area contributed by atoms with Crippen molar-refractivity contribution in [2.75, 3.05) is 7.11 Å². The third-order valence-electron chi connectivity index (χ3n) is 5.77. The van der Waals surface area contributed by atoms with Crippen LogP contribution in [0.2, 0.25) is 0 Å². The molecule has 2 aliphatic rings. The molecule has 0 spiro atoms. The molecule has 0 radical (unpaired) electrons. The van der Waals surface area contributed by atoms with E-state index in [1.807, 2.05) is 49.4 Å². The molecule has 0 N–H and O–H groups in total. The Morgan fingerprint density at radius 1 is 1.07 bits per heavy atom. The first-order chi connectivity index (χ1) is 13.6. The van der Waals surface area contributed by atoms with E-state index < -0.39 is 5.92 Å². The highest BCUT2D eigenvalue weighted by Crippen LogP contribution is 2.48. The summed E-state index contributed by atoms with van der Waals surface area (Å²) in [6.45, 7) is 1.89. The maximum absolute atomic E-state index is 13.3. The number of allylic oxidation sites excluding steroid dienone is 2. The van der Waals surface area contributed by atoms with Gasteiger partial charge in [0.05, 0.1) is 19.1 Å². The molecule has 28 heavy (non-hydrogen) atoms. The number of carbonyl (C=O) groups is 1. The molecule has 4 nitrogen and oxygen atoms in total. The zero-order chi connectivity index (χ0) is 19.7. The van der Waals surface area contributed by atoms with E-state index in [2.05, 4.69) is 18.2 Å². The van der Waals surface area contributed by atoms with E-state index in [-0.39, 0.29) is 17.6 Å². The molecule has 0 aromatic heterocycles. The summed E-state index contributed by atoms with van der Waals surface area (Å²) in [4.78, 5) is 18.0. The van der Waals surface area contributed by atoms with Gasteiger partial charge in [-0.1, -0.05) is 48.5 Å². The quantitative estimate of drug-likeness (QED) is 0.780. The fraction of sp³-hybridized carbons (Fsp3) is 0.292. The lowest BCUT2D eigenvalue weighted by atomic mass is 9.69. The van der Waals surface area contributed by atoms with Crippen molar-refractivity contribution in [1.29, 1.82) is 5.26 Å². The monoisotopic (exact) mass is 370 g/mol. The van der Waals surface area contributed by atoms with Gasteiger partial charge in [-0.15, -0.1) is 0 Å². The molecule has 0 fully saturated rings. The highest BCUT2D eigenvalue weighted by Gasteiger charge is 2.42. The minimum absolute atomic E-state index is 0.0857. The molecule has 0 saturated heterocycles. The van der Waals surface area contributed by atoms with E-state index in [4.69, 9.17) is 9.73 Å². The summed E-state index contributed by atoms with van der Waals surface area (Å²) >= 11 is 0. The fourth-order valence-electron chi connectivity index (χ4n) is 4.45. The highest BCUT2D eigenvalue weighted by atomic mass is 16.5. The van der Waals surface area contributed by atoms with Gasteiger partial charge in [-0.05, 0) is 30.9 Å². The number of Topliss-reactive ketones (excluding diaryl/α,β-unsaturated/α-hetero) is 1. The maximum atomic E-state index is 13.3. The van der Waals surface area contributed by atoms with Gasteiger partial charge in [-0.25, -0.2) is 0 Å². The summed E-state index contributed by atoms with van der Waals surface area (Å²) in [5.41, 5.74) is 4.31. The second kappa shape index (κ2) is 7.44. The molecule has 0 saturated carbocycles. The number of nitrogens with zero attached hydrogens (tertiary/aromatic N) is 2. The van der Waals surface area contributed by atoms with Crippen molar-refractivity contribution in [2.24, 2.45) is 10.9 Å². The van der Waals surface area contributed by atoms with Gasteiger partial charge in [-0.2, -0.15) is 5.26 Å². The van der Waals surface area contributed by atoms with Crippen LogP contribution in [0.15, 0.2) is 70.9 Å².